The van der Waals surface area contributed by atoms with E-state index in [2.05, 4.69) is 20.0 Å². The molecule has 0 bridgehead atoms. The van der Waals surface area contributed by atoms with Crippen LogP contribution in [0.1, 0.15) is 30.3 Å². The van der Waals surface area contributed by atoms with Crippen molar-refractivity contribution in [2.75, 3.05) is 13.3 Å². The van der Waals surface area contributed by atoms with Crippen LogP contribution in [0.3, 0.4) is 0 Å². The summed E-state index contributed by atoms with van der Waals surface area (Å²) in [5.41, 5.74) is 1.89. The van der Waals surface area contributed by atoms with Gasteiger partial charge in [-0.1, -0.05) is 16.8 Å². The molecule has 1 atom stereocenters. The van der Waals surface area contributed by atoms with Crippen LogP contribution in [0.25, 0.3) is 11.4 Å². The molecule has 7 nitrogen and oxygen atoms in total. The van der Waals surface area contributed by atoms with E-state index in [-0.39, 0.29) is 12.8 Å². The maximum Gasteiger partial charge on any atom is 0.244 e. The zero-order valence-corrected chi connectivity index (χ0v) is 15.2. The van der Waals surface area contributed by atoms with Crippen molar-refractivity contribution in [3.05, 3.63) is 53.1 Å². The van der Waals surface area contributed by atoms with Crippen LogP contribution in [-0.4, -0.2) is 33.4 Å². The van der Waals surface area contributed by atoms with Crippen LogP contribution in [0.2, 0.25) is 5.02 Å². The highest BCUT2D eigenvalue weighted by Crippen LogP contribution is 2.39. The van der Waals surface area contributed by atoms with Crippen LogP contribution in [0.5, 0.6) is 11.5 Å². The first-order valence-electron chi connectivity index (χ1n) is 8.84. The van der Waals surface area contributed by atoms with Crippen molar-refractivity contribution < 1.29 is 14.0 Å². The lowest BCUT2D eigenvalue weighted by atomic mass is 10.1. The number of fused-ring (bicyclic) bond motifs is 1. The molecule has 138 valence electrons. The van der Waals surface area contributed by atoms with Gasteiger partial charge in [0, 0.05) is 35.6 Å². The molecule has 3 aromatic rings. The Morgan fingerprint density at radius 2 is 1.96 bits per heavy atom. The molecule has 2 aliphatic heterocycles. The highest BCUT2D eigenvalue weighted by atomic mass is 35.5. The summed E-state index contributed by atoms with van der Waals surface area (Å²) in [4.78, 5) is 10.9. The van der Waals surface area contributed by atoms with E-state index in [4.69, 9.17) is 25.6 Å². The van der Waals surface area contributed by atoms with E-state index in [1.165, 1.54) is 0 Å². The molecule has 2 aromatic heterocycles. The molecule has 8 heteroatoms. The number of ether oxygens (including phenoxy) is 2. The fraction of sp³-hybridized carbons (Fsp3) is 0.316. The third-order valence-corrected chi connectivity index (χ3v) is 5.30. The quantitative estimate of drug-likeness (QED) is 0.676. The Morgan fingerprint density at radius 1 is 1.15 bits per heavy atom. The average Bonchev–Trinajstić information content (AvgIpc) is 3.42. The van der Waals surface area contributed by atoms with Crippen molar-refractivity contribution in [2.45, 2.75) is 25.4 Å². The molecule has 4 heterocycles. The summed E-state index contributed by atoms with van der Waals surface area (Å²) in [5.74, 6) is 2.65. The van der Waals surface area contributed by atoms with Crippen molar-refractivity contribution in [1.29, 1.82) is 0 Å². The van der Waals surface area contributed by atoms with Crippen molar-refractivity contribution in [2.24, 2.45) is 0 Å². The molecule has 0 amide bonds. The first kappa shape index (κ1) is 16.5. The van der Waals surface area contributed by atoms with Gasteiger partial charge in [0.2, 0.25) is 18.5 Å². The van der Waals surface area contributed by atoms with Gasteiger partial charge < -0.3 is 14.0 Å². The second-order valence-corrected chi connectivity index (χ2v) is 7.02. The van der Waals surface area contributed by atoms with Gasteiger partial charge in [-0.15, -0.1) is 0 Å². The number of hydrogen-bond donors (Lipinski definition) is 0. The third kappa shape index (κ3) is 3.13. The van der Waals surface area contributed by atoms with Crippen molar-refractivity contribution in [3.8, 4) is 22.9 Å². The lowest BCUT2D eigenvalue weighted by Crippen LogP contribution is -2.23. The molecular formula is C19H17ClN4O3. The van der Waals surface area contributed by atoms with Gasteiger partial charge in [-0.05, 0) is 43.1 Å². The maximum atomic E-state index is 6.44. The third-order valence-electron chi connectivity index (χ3n) is 4.94. The number of rotatable bonds is 4. The first-order chi connectivity index (χ1) is 13.3. The molecule has 5 rings (SSSR count). The number of nitrogens with zero attached hydrogens (tertiary/aromatic N) is 4. The van der Waals surface area contributed by atoms with E-state index < -0.39 is 0 Å². The fourth-order valence-corrected chi connectivity index (χ4v) is 3.80. The van der Waals surface area contributed by atoms with E-state index in [1.54, 1.807) is 12.4 Å². The topological polar surface area (TPSA) is 73.5 Å². The van der Waals surface area contributed by atoms with Gasteiger partial charge >= 0.3 is 0 Å². The van der Waals surface area contributed by atoms with Crippen LogP contribution in [-0.2, 0) is 6.54 Å². The molecule has 1 fully saturated rings. The Kier molecular flexibility index (Phi) is 4.18. The Labute approximate surface area is 160 Å². The summed E-state index contributed by atoms with van der Waals surface area (Å²) in [6, 6.07) is 7.59. The Balaban J connectivity index is 1.38. The molecule has 1 aromatic carbocycles. The number of benzene rings is 1. The molecule has 27 heavy (non-hydrogen) atoms. The van der Waals surface area contributed by atoms with E-state index >= 15 is 0 Å². The standard InChI is InChI=1S/C19H17ClN4O3/c20-14-9-17-16(25-11-26-17)8-13(14)10-24-7-1-2-15(24)19-22-18(23-27-19)12-3-5-21-6-4-12/h3-6,8-9,15H,1-2,7,10-11H2/t15-/m1/s1. The van der Waals surface area contributed by atoms with Crippen molar-refractivity contribution in [3.63, 3.8) is 0 Å². The number of pyridine rings is 1. The van der Waals surface area contributed by atoms with Crippen molar-refractivity contribution in [1.82, 2.24) is 20.0 Å². The molecule has 0 radical (unpaired) electrons. The highest BCUT2D eigenvalue weighted by Gasteiger charge is 2.31. The van der Waals surface area contributed by atoms with Crippen LogP contribution in [0.4, 0.5) is 0 Å². The van der Waals surface area contributed by atoms with Crippen molar-refractivity contribution >= 4 is 11.6 Å². The Morgan fingerprint density at radius 3 is 2.81 bits per heavy atom. The number of aromatic nitrogens is 3. The van der Waals surface area contributed by atoms with E-state index in [9.17, 15) is 0 Å². The van der Waals surface area contributed by atoms with Gasteiger partial charge in [0.1, 0.15) is 0 Å². The van der Waals surface area contributed by atoms with Gasteiger partial charge in [-0.2, -0.15) is 4.98 Å². The zero-order valence-electron chi connectivity index (χ0n) is 14.5. The van der Waals surface area contributed by atoms with Gasteiger partial charge in [-0.25, -0.2) is 0 Å². The number of hydrogen-bond acceptors (Lipinski definition) is 7. The first-order valence-corrected chi connectivity index (χ1v) is 9.22. The van der Waals surface area contributed by atoms with Crippen LogP contribution < -0.4 is 9.47 Å². The SMILES string of the molecule is Clc1cc2c(cc1CN1CCC[C@@H]1c1nc(-c3ccncc3)no1)OCO2. The maximum absolute atomic E-state index is 6.44. The Hall–Kier alpha value is -2.64. The normalized spacial score (nSPS) is 18.9. The molecule has 1 saturated heterocycles. The monoisotopic (exact) mass is 384 g/mol. The number of halogens is 1. The van der Waals surface area contributed by atoms with Gasteiger partial charge in [0.15, 0.2) is 11.5 Å². The molecular weight excluding hydrogens is 368 g/mol. The zero-order chi connectivity index (χ0) is 18.2. The van der Waals surface area contributed by atoms with Gasteiger partial charge in [0.25, 0.3) is 0 Å². The molecule has 0 unspecified atom stereocenters. The van der Waals surface area contributed by atoms with Crippen LogP contribution >= 0.6 is 11.6 Å². The summed E-state index contributed by atoms with van der Waals surface area (Å²) in [6.45, 7) is 1.87. The highest BCUT2D eigenvalue weighted by molar-refractivity contribution is 6.31. The average molecular weight is 385 g/mol. The molecule has 0 N–H and O–H groups in total. The van der Waals surface area contributed by atoms with E-state index in [1.807, 2.05) is 24.3 Å². The van der Waals surface area contributed by atoms with E-state index in [0.29, 0.717) is 29.0 Å². The summed E-state index contributed by atoms with van der Waals surface area (Å²) < 4.78 is 16.4. The predicted octanol–water partition coefficient (Wildman–Crippen LogP) is 3.85. The lowest BCUT2D eigenvalue weighted by molar-refractivity contribution is 0.173. The summed E-state index contributed by atoms with van der Waals surface area (Å²) in [6.07, 6.45) is 5.48. The largest absolute Gasteiger partial charge is 0.454 e. The van der Waals surface area contributed by atoms with Crippen LogP contribution in [0, 0.1) is 0 Å². The fourth-order valence-electron chi connectivity index (χ4n) is 3.58. The second-order valence-electron chi connectivity index (χ2n) is 6.62. The molecule has 0 spiro atoms. The molecule has 0 saturated carbocycles. The summed E-state index contributed by atoms with van der Waals surface area (Å²) in [5, 5.41) is 4.81. The minimum absolute atomic E-state index is 0.0783. The van der Waals surface area contributed by atoms with E-state index in [0.717, 1.165) is 36.3 Å². The summed E-state index contributed by atoms with van der Waals surface area (Å²) >= 11 is 6.44. The minimum atomic E-state index is 0.0783. The summed E-state index contributed by atoms with van der Waals surface area (Å²) in [7, 11) is 0. The molecule has 0 aliphatic carbocycles. The van der Waals surface area contributed by atoms with Gasteiger partial charge in [-0.3, -0.25) is 9.88 Å². The lowest BCUT2D eigenvalue weighted by Gasteiger charge is -2.22. The Bertz CT molecular complexity index is 963. The molecule has 2 aliphatic rings. The smallest absolute Gasteiger partial charge is 0.244 e. The minimum Gasteiger partial charge on any atom is -0.454 e. The predicted molar refractivity (Wildman–Crippen MR) is 97.5 cm³/mol. The van der Waals surface area contributed by atoms with Gasteiger partial charge in [0.05, 0.1) is 6.04 Å². The number of likely N-dealkylation sites (tertiary alicyclic amines) is 1. The second kappa shape index (κ2) is 6.83. The van der Waals surface area contributed by atoms with Crippen LogP contribution in [0.15, 0.2) is 41.2 Å².